The van der Waals surface area contributed by atoms with Gasteiger partial charge in [-0.1, -0.05) is 12.1 Å². The topological polar surface area (TPSA) is 41.2 Å². The van der Waals surface area contributed by atoms with Crippen LogP contribution in [0.4, 0.5) is 5.69 Å². The van der Waals surface area contributed by atoms with Crippen LogP contribution in [0.1, 0.15) is 5.82 Å². The SMILES string of the molecule is Cc1ncc(-c2ccc(N3CCOCC3)cc2)[nH]1. The molecule has 1 aromatic heterocycles. The van der Waals surface area contributed by atoms with Gasteiger partial charge in [-0.3, -0.25) is 0 Å². The van der Waals surface area contributed by atoms with E-state index in [1.165, 1.54) is 11.3 Å². The average Bonchev–Trinajstić information content (AvgIpc) is 2.87. The summed E-state index contributed by atoms with van der Waals surface area (Å²) >= 11 is 0. The van der Waals surface area contributed by atoms with Crippen molar-refractivity contribution < 1.29 is 4.74 Å². The summed E-state index contributed by atoms with van der Waals surface area (Å²) in [6.45, 7) is 5.56. The Labute approximate surface area is 107 Å². The first-order chi connectivity index (χ1) is 8.83. The van der Waals surface area contributed by atoms with Gasteiger partial charge in [-0.2, -0.15) is 0 Å². The zero-order valence-corrected chi connectivity index (χ0v) is 10.5. The molecule has 1 aromatic carbocycles. The van der Waals surface area contributed by atoms with Crippen molar-refractivity contribution in [2.75, 3.05) is 31.2 Å². The molecule has 0 atom stereocenters. The summed E-state index contributed by atoms with van der Waals surface area (Å²) in [5.41, 5.74) is 3.51. The maximum atomic E-state index is 5.36. The van der Waals surface area contributed by atoms with Gasteiger partial charge in [0, 0.05) is 18.8 Å². The molecule has 0 saturated carbocycles. The second kappa shape index (κ2) is 4.82. The van der Waals surface area contributed by atoms with Crippen LogP contribution in [0, 0.1) is 6.92 Å². The summed E-state index contributed by atoms with van der Waals surface area (Å²) < 4.78 is 5.36. The number of nitrogens with zero attached hydrogens (tertiary/aromatic N) is 2. The molecule has 3 rings (SSSR count). The highest BCUT2D eigenvalue weighted by molar-refractivity contribution is 5.62. The molecule has 1 aliphatic rings. The number of anilines is 1. The smallest absolute Gasteiger partial charge is 0.103 e. The third kappa shape index (κ3) is 2.24. The Morgan fingerprint density at radius 1 is 1.17 bits per heavy atom. The molecule has 2 heterocycles. The maximum Gasteiger partial charge on any atom is 0.103 e. The van der Waals surface area contributed by atoms with Crippen molar-refractivity contribution in [2.45, 2.75) is 6.92 Å². The first kappa shape index (κ1) is 11.3. The molecule has 4 nitrogen and oxygen atoms in total. The van der Waals surface area contributed by atoms with Crippen molar-refractivity contribution >= 4 is 5.69 Å². The van der Waals surface area contributed by atoms with E-state index >= 15 is 0 Å². The normalized spacial score (nSPS) is 15.9. The first-order valence-corrected chi connectivity index (χ1v) is 6.28. The number of aryl methyl sites for hydroxylation is 1. The number of morpholine rings is 1. The van der Waals surface area contributed by atoms with E-state index in [4.69, 9.17) is 4.74 Å². The number of imidazole rings is 1. The summed E-state index contributed by atoms with van der Waals surface area (Å²) in [5, 5.41) is 0. The van der Waals surface area contributed by atoms with E-state index in [0.29, 0.717) is 0 Å². The minimum absolute atomic E-state index is 0.821. The van der Waals surface area contributed by atoms with Crippen molar-refractivity contribution in [3.8, 4) is 11.3 Å². The lowest BCUT2D eigenvalue weighted by molar-refractivity contribution is 0.122. The summed E-state index contributed by atoms with van der Waals surface area (Å²) in [5.74, 6) is 0.947. The molecule has 4 heteroatoms. The average molecular weight is 243 g/mol. The predicted molar refractivity (Wildman–Crippen MR) is 71.8 cm³/mol. The van der Waals surface area contributed by atoms with Crippen LogP contribution in [-0.4, -0.2) is 36.3 Å². The van der Waals surface area contributed by atoms with Crippen LogP contribution in [-0.2, 0) is 4.74 Å². The lowest BCUT2D eigenvalue weighted by Gasteiger charge is -2.28. The quantitative estimate of drug-likeness (QED) is 0.879. The Morgan fingerprint density at radius 2 is 1.89 bits per heavy atom. The zero-order valence-electron chi connectivity index (χ0n) is 10.5. The fourth-order valence-corrected chi connectivity index (χ4v) is 2.24. The van der Waals surface area contributed by atoms with Gasteiger partial charge in [-0.05, 0) is 24.6 Å². The van der Waals surface area contributed by atoms with Gasteiger partial charge in [0.05, 0.1) is 25.1 Å². The van der Waals surface area contributed by atoms with Gasteiger partial charge in [0.15, 0.2) is 0 Å². The highest BCUT2D eigenvalue weighted by atomic mass is 16.5. The number of nitrogens with one attached hydrogen (secondary N) is 1. The van der Waals surface area contributed by atoms with Crippen molar-refractivity contribution in [3.63, 3.8) is 0 Å². The van der Waals surface area contributed by atoms with E-state index in [9.17, 15) is 0 Å². The van der Waals surface area contributed by atoms with Crippen LogP contribution in [0.5, 0.6) is 0 Å². The molecule has 0 radical (unpaired) electrons. The molecule has 2 aromatic rings. The van der Waals surface area contributed by atoms with Gasteiger partial charge in [0.25, 0.3) is 0 Å². The van der Waals surface area contributed by atoms with Crippen LogP contribution in [0.25, 0.3) is 11.3 Å². The summed E-state index contributed by atoms with van der Waals surface area (Å²) in [6.07, 6.45) is 1.87. The Balaban J connectivity index is 1.80. The highest BCUT2D eigenvalue weighted by Crippen LogP contribution is 2.22. The van der Waals surface area contributed by atoms with Crippen molar-refractivity contribution in [1.82, 2.24) is 9.97 Å². The Kier molecular flexibility index (Phi) is 3.02. The molecular weight excluding hydrogens is 226 g/mol. The van der Waals surface area contributed by atoms with Crippen LogP contribution in [0.15, 0.2) is 30.5 Å². The molecule has 0 unspecified atom stereocenters. The summed E-state index contributed by atoms with van der Waals surface area (Å²) in [4.78, 5) is 9.82. The molecule has 0 spiro atoms. The second-order valence-corrected chi connectivity index (χ2v) is 4.53. The predicted octanol–water partition coefficient (Wildman–Crippen LogP) is 2.22. The number of aromatic nitrogens is 2. The number of rotatable bonds is 2. The molecule has 94 valence electrons. The molecular formula is C14H17N3O. The van der Waals surface area contributed by atoms with Crippen LogP contribution in [0.3, 0.4) is 0 Å². The van der Waals surface area contributed by atoms with Gasteiger partial charge >= 0.3 is 0 Å². The molecule has 18 heavy (non-hydrogen) atoms. The summed E-state index contributed by atoms with van der Waals surface area (Å²) in [7, 11) is 0. The lowest BCUT2D eigenvalue weighted by atomic mass is 10.1. The molecule has 0 amide bonds. The maximum absolute atomic E-state index is 5.36. The minimum Gasteiger partial charge on any atom is -0.378 e. The number of aromatic amines is 1. The van der Waals surface area contributed by atoms with E-state index in [1.54, 1.807) is 0 Å². The van der Waals surface area contributed by atoms with Crippen LogP contribution in [0.2, 0.25) is 0 Å². The number of benzene rings is 1. The Morgan fingerprint density at radius 3 is 2.50 bits per heavy atom. The van der Waals surface area contributed by atoms with Gasteiger partial charge < -0.3 is 14.6 Å². The fourth-order valence-electron chi connectivity index (χ4n) is 2.24. The standard InChI is InChI=1S/C14H17N3O/c1-11-15-10-14(16-11)12-2-4-13(5-3-12)17-6-8-18-9-7-17/h2-5,10H,6-9H2,1H3,(H,15,16). The molecule has 1 fully saturated rings. The monoisotopic (exact) mass is 243 g/mol. The van der Waals surface area contributed by atoms with Gasteiger partial charge in [-0.25, -0.2) is 4.98 Å². The Hall–Kier alpha value is -1.81. The largest absolute Gasteiger partial charge is 0.378 e. The van der Waals surface area contributed by atoms with Gasteiger partial charge in [-0.15, -0.1) is 0 Å². The molecule has 1 aliphatic heterocycles. The van der Waals surface area contributed by atoms with E-state index in [2.05, 4.69) is 39.1 Å². The molecule has 0 bridgehead atoms. The van der Waals surface area contributed by atoms with E-state index in [1.807, 2.05) is 13.1 Å². The van der Waals surface area contributed by atoms with E-state index < -0.39 is 0 Å². The number of hydrogen-bond donors (Lipinski definition) is 1. The highest BCUT2D eigenvalue weighted by Gasteiger charge is 2.11. The molecule has 1 N–H and O–H groups in total. The van der Waals surface area contributed by atoms with Crippen LogP contribution < -0.4 is 4.90 Å². The minimum atomic E-state index is 0.821. The van der Waals surface area contributed by atoms with E-state index in [-0.39, 0.29) is 0 Å². The van der Waals surface area contributed by atoms with Crippen molar-refractivity contribution in [1.29, 1.82) is 0 Å². The third-order valence-electron chi connectivity index (χ3n) is 3.26. The van der Waals surface area contributed by atoms with Crippen molar-refractivity contribution in [3.05, 3.63) is 36.3 Å². The fraction of sp³-hybridized carbons (Fsp3) is 0.357. The number of H-pyrrole nitrogens is 1. The molecule has 1 saturated heterocycles. The van der Waals surface area contributed by atoms with Gasteiger partial charge in [0.2, 0.25) is 0 Å². The summed E-state index contributed by atoms with van der Waals surface area (Å²) in [6, 6.07) is 8.60. The zero-order chi connectivity index (χ0) is 12.4. The number of hydrogen-bond acceptors (Lipinski definition) is 3. The second-order valence-electron chi connectivity index (χ2n) is 4.53. The van der Waals surface area contributed by atoms with E-state index in [0.717, 1.165) is 37.8 Å². The Bertz CT molecular complexity index is 512. The van der Waals surface area contributed by atoms with Crippen LogP contribution >= 0.6 is 0 Å². The first-order valence-electron chi connectivity index (χ1n) is 6.28. The van der Waals surface area contributed by atoms with Crippen molar-refractivity contribution in [2.24, 2.45) is 0 Å². The van der Waals surface area contributed by atoms with Gasteiger partial charge in [0.1, 0.15) is 5.82 Å². The number of ether oxygens (including phenoxy) is 1. The lowest BCUT2D eigenvalue weighted by Crippen LogP contribution is -2.36. The molecule has 0 aliphatic carbocycles. The third-order valence-corrected chi connectivity index (χ3v) is 3.26.